The highest BCUT2D eigenvalue weighted by Gasteiger charge is 2.34. The number of hydrogen-bond acceptors (Lipinski definition) is 3. The van der Waals surface area contributed by atoms with E-state index in [1.807, 2.05) is 19.9 Å². The van der Waals surface area contributed by atoms with Gasteiger partial charge >= 0.3 is 0 Å². The van der Waals surface area contributed by atoms with Crippen molar-refractivity contribution in [2.24, 2.45) is 11.3 Å². The number of carbonyl (C=O) groups excluding carboxylic acids is 1. The van der Waals surface area contributed by atoms with Crippen LogP contribution >= 0.6 is 23.2 Å². The molecule has 2 rings (SSSR count). The molecule has 1 fully saturated rings. The van der Waals surface area contributed by atoms with Crippen LogP contribution in [0.3, 0.4) is 0 Å². The highest BCUT2D eigenvalue weighted by Crippen LogP contribution is 2.32. The molecular formula is C18H25Cl2NO3. The average molecular weight is 374 g/mol. The lowest BCUT2D eigenvalue weighted by molar-refractivity contribution is -0.124. The Bertz CT molecular complexity index is 571. The second-order valence-corrected chi connectivity index (χ2v) is 7.70. The fourth-order valence-electron chi connectivity index (χ4n) is 3.12. The van der Waals surface area contributed by atoms with Gasteiger partial charge in [0.15, 0.2) is 0 Å². The summed E-state index contributed by atoms with van der Waals surface area (Å²) in [4.78, 5) is 12.8. The van der Waals surface area contributed by atoms with Crippen molar-refractivity contribution in [3.05, 3.63) is 33.8 Å². The highest BCUT2D eigenvalue weighted by atomic mass is 35.5. The van der Waals surface area contributed by atoms with Gasteiger partial charge in [-0.05, 0) is 36.5 Å². The standard InChI is InChI=1S/C18H25Cl2NO3/c1-12(2)16(13-3-4-14(19)15(20)9-13)17(23)21-10-18(11-22)5-7-24-8-6-18/h3-4,9,12,16,22H,5-8,10-11H2,1-2H3,(H,21,23). The molecule has 24 heavy (non-hydrogen) atoms. The molecule has 1 aromatic carbocycles. The molecule has 0 saturated carbocycles. The van der Waals surface area contributed by atoms with E-state index in [2.05, 4.69) is 5.32 Å². The molecule has 1 unspecified atom stereocenters. The van der Waals surface area contributed by atoms with Gasteiger partial charge < -0.3 is 15.2 Å². The lowest BCUT2D eigenvalue weighted by Gasteiger charge is -2.36. The molecule has 6 heteroatoms. The molecule has 1 atom stereocenters. The van der Waals surface area contributed by atoms with Crippen LogP contribution in [0.4, 0.5) is 0 Å². The third-order valence-electron chi connectivity index (χ3n) is 4.78. The van der Waals surface area contributed by atoms with Gasteiger partial charge in [0.25, 0.3) is 0 Å². The molecule has 0 radical (unpaired) electrons. The van der Waals surface area contributed by atoms with E-state index in [1.165, 1.54) is 0 Å². The quantitative estimate of drug-likeness (QED) is 0.799. The molecular weight excluding hydrogens is 349 g/mol. The van der Waals surface area contributed by atoms with Crippen LogP contribution in [0.25, 0.3) is 0 Å². The normalized spacial score (nSPS) is 18.4. The predicted octanol–water partition coefficient (Wildman–Crippen LogP) is 3.64. The third-order valence-corrected chi connectivity index (χ3v) is 5.52. The van der Waals surface area contributed by atoms with Gasteiger partial charge in [0.2, 0.25) is 5.91 Å². The minimum Gasteiger partial charge on any atom is -0.396 e. The number of amides is 1. The van der Waals surface area contributed by atoms with Crippen molar-refractivity contribution in [2.75, 3.05) is 26.4 Å². The molecule has 1 aliphatic rings. The summed E-state index contributed by atoms with van der Waals surface area (Å²) in [6.45, 7) is 5.76. The molecule has 134 valence electrons. The van der Waals surface area contributed by atoms with Crippen LogP contribution in [0, 0.1) is 11.3 Å². The van der Waals surface area contributed by atoms with Gasteiger partial charge in [0.1, 0.15) is 0 Å². The number of hydrogen-bond donors (Lipinski definition) is 2. The number of ether oxygens (including phenoxy) is 1. The van der Waals surface area contributed by atoms with Crippen molar-refractivity contribution in [1.29, 1.82) is 0 Å². The van der Waals surface area contributed by atoms with Crippen molar-refractivity contribution in [3.63, 3.8) is 0 Å². The van der Waals surface area contributed by atoms with E-state index in [4.69, 9.17) is 27.9 Å². The molecule has 0 spiro atoms. The molecule has 2 N–H and O–H groups in total. The molecule has 1 aromatic rings. The Morgan fingerprint density at radius 3 is 2.50 bits per heavy atom. The summed E-state index contributed by atoms with van der Waals surface area (Å²) in [7, 11) is 0. The molecule has 4 nitrogen and oxygen atoms in total. The molecule has 0 aromatic heterocycles. The van der Waals surface area contributed by atoms with Gasteiger partial charge in [-0.2, -0.15) is 0 Å². The Morgan fingerprint density at radius 1 is 1.29 bits per heavy atom. The zero-order valence-corrected chi connectivity index (χ0v) is 15.7. The van der Waals surface area contributed by atoms with Crippen molar-refractivity contribution in [3.8, 4) is 0 Å². The Labute approximate surface area is 153 Å². The molecule has 1 amide bonds. The van der Waals surface area contributed by atoms with Gasteiger partial charge in [-0.1, -0.05) is 43.1 Å². The second kappa shape index (κ2) is 8.52. The van der Waals surface area contributed by atoms with Crippen LogP contribution in [0.5, 0.6) is 0 Å². The first-order valence-electron chi connectivity index (χ1n) is 8.30. The summed E-state index contributed by atoms with van der Waals surface area (Å²) in [5.41, 5.74) is 0.564. The maximum absolute atomic E-state index is 12.8. The first kappa shape index (κ1) is 19.5. The Balaban J connectivity index is 2.10. The van der Waals surface area contributed by atoms with Gasteiger partial charge in [-0.3, -0.25) is 4.79 Å². The van der Waals surface area contributed by atoms with Crippen LogP contribution in [-0.2, 0) is 9.53 Å². The topological polar surface area (TPSA) is 58.6 Å². The summed E-state index contributed by atoms with van der Waals surface area (Å²) in [6.07, 6.45) is 1.51. The van der Waals surface area contributed by atoms with Crippen LogP contribution in [0.15, 0.2) is 18.2 Å². The van der Waals surface area contributed by atoms with E-state index < -0.39 is 0 Å². The van der Waals surface area contributed by atoms with Crippen LogP contribution in [0.2, 0.25) is 10.0 Å². The van der Waals surface area contributed by atoms with E-state index in [0.717, 1.165) is 18.4 Å². The summed E-state index contributed by atoms with van der Waals surface area (Å²) in [5.74, 6) is -0.250. The lowest BCUT2D eigenvalue weighted by Crippen LogP contribution is -2.45. The maximum atomic E-state index is 12.8. The largest absolute Gasteiger partial charge is 0.396 e. The van der Waals surface area contributed by atoms with E-state index in [-0.39, 0.29) is 29.8 Å². The van der Waals surface area contributed by atoms with Crippen molar-refractivity contribution >= 4 is 29.1 Å². The van der Waals surface area contributed by atoms with E-state index in [9.17, 15) is 9.90 Å². The monoisotopic (exact) mass is 373 g/mol. The van der Waals surface area contributed by atoms with Gasteiger partial charge in [0.05, 0.1) is 22.6 Å². The van der Waals surface area contributed by atoms with Crippen LogP contribution in [-0.4, -0.2) is 37.4 Å². The minimum absolute atomic E-state index is 0.0513. The van der Waals surface area contributed by atoms with Crippen LogP contribution in [0.1, 0.15) is 38.2 Å². The number of halogens is 2. The predicted molar refractivity (Wildman–Crippen MR) is 96.6 cm³/mol. The SMILES string of the molecule is CC(C)C(C(=O)NCC1(CO)CCOCC1)c1ccc(Cl)c(Cl)c1. The zero-order valence-electron chi connectivity index (χ0n) is 14.1. The second-order valence-electron chi connectivity index (χ2n) is 6.88. The number of aliphatic hydroxyl groups is 1. The fourth-order valence-corrected chi connectivity index (χ4v) is 3.43. The van der Waals surface area contributed by atoms with Gasteiger partial charge in [0, 0.05) is 25.2 Å². The summed E-state index contributed by atoms with van der Waals surface area (Å²) >= 11 is 12.1. The maximum Gasteiger partial charge on any atom is 0.227 e. The number of benzene rings is 1. The first-order chi connectivity index (χ1) is 11.4. The zero-order chi connectivity index (χ0) is 17.7. The van der Waals surface area contributed by atoms with Crippen molar-refractivity contribution in [1.82, 2.24) is 5.32 Å². The van der Waals surface area contributed by atoms with Gasteiger partial charge in [-0.15, -0.1) is 0 Å². The third kappa shape index (κ3) is 4.63. The number of aliphatic hydroxyl groups excluding tert-OH is 1. The molecule has 1 saturated heterocycles. The van der Waals surface area contributed by atoms with E-state index in [0.29, 0.717) is 29.8 Å². The summed E-state index contributed by atoms with van der Waals surface area (Å²) in [5, 5.41) is 13.7. The Morgan fingerprint density at radius 2 is 1.96 bits per heavy atom. The molecule has 0 aliphatic carbocycles. The van der Waals surface area contributed by atoms with E-state index in [1.54, 1.807) is 12.1 Å². The fraction of sp³-hybridized carbons (Fsp3) is 0.611. The summed E-state index contributed by atoms with van der Waals surface area (Å²) in [6, 6.07) is 5.31. The lowest BCUT2D eigenvalue weighted by atomic mass is 9.80. The number of rotatable bonds is 6. The van der Waals surface area contributed by atoms with Crippen LogP contribution < -0.4 is 5.32 Å². The van der Waals surface area contributed by atoms with Gasteiger partial charge in [-0.25, -0.2) is 0 Å². The van der Waals surface area contributed by atoms with Crippen molar-refractivity contribution < 1.29 is 14.6 Å². The van der Waals surface area contributed by atoms with Crippen molar-refractivity contribution in [2.45, 2.75) is 32.6 Å². The molecule has 1 heterocycles. The highest BCUT2D eigenvalue weighted by molar-refractivity contribution is 6.42. The van der Waals surface area contributed by atoms with E-state index >= 15 is 0 Å². The smallest absolute Gasteiger partial charge is 0.227 e. The average Bonchev–Trinajstić information content (AvgIpc) is 2.57. The molecule has 1 aliphatic heterocycles. The number of carbonyl (C=O) groups is 1. The summed E-state index contributed by atoms with van der Waals surface area (Å²) < 4.78 is 5.36. The molecule has 0 bridgehead atoms. The Hall–Kier alpha value is -0.810. The number of nitrogens with one attached hydrogen (secondary N) is 1. The minimum atomic E-state index is -0.310. The Kier molecular flexibility index (Phi) is 6.93. The first-order valence-corrected chi connectivity index (χ1v) is 9.05.